The molecular weight excluding hydrogens is 224 g/mol. The number of nitrogens with zero attached hydrogens (tertiary/aromatic N) is 1. The van der Waals surface area contributed by atoms with Crippen molar-refractivity contribution in [2.24, 2.45) is 0 Å². The largest absolute Gasteiger partial charge is 0.448 e. The second-order valence-corrected chi connectivity index (χ2v) is 2.83. The smallest absolute Gasteiger partial charge is 0.230 e. The van der Waals surface area contributed by atoms with Gasteiger partial charge in [0.2, 0.25) is 5.91 Å². The fourth-order valence-corrected chi connectivity index (χ4v) is 0.926. The number of amides is 1. The summed E-state index contributed by atoms with van der Waals surface area (Å²) in [6, 6.07) is 0. The number of hydrogen-bond donors (Lipinski definition) is 1. The third kappa shape index (κ3) is 2.34. The van der Waals surface area contributed by atoms with Crippen molar-refractivity contribution in [2.75, 3.05) is 5.33 Å². The first-order chi connectivity index (χ1) is 5.74. The minimum atomic E-state index is -0.0580. The van der Waals surface area contributed by atoms with E-state index in [4.69, 9.17) is 4.42 Å². The normalized spacial score (nSPS) is 9.83. The second-order valence-electron chi connectivity index (χ2n) is 2.27. The third-order valence-electron chi connectivity index (χ3n) is 1.42. The van der Waals surface area contributed by atoms with E-state index in [9.17, 15) is 4.79 Å². The Labute approximate surface area is 78.5 Å². The van der Waals surface area contributed by atoms with E-state index in [0.29, 0.717) is 11.9 Å². The molecule has 0 aromatic carbocycles. The van der Waals surface area contributed by atoms with Crippen LogP contribution in [0.2, 0.25) is 0 Å². The lowest BCUT2D eigenvalue weighted by Crippen LogP contribution is -2.23. The molecular formula is C7H9BrN2O2. The fourth-order valence-electron chi connectivity index (χ4n) is 0.728. The summed E-state index contributed by atoms with van der Waals surface area (Å²) in [6.45, 7) is 2.23. The van der Waals surface area contributed by atoms with Crippen LogP contribution in [0.25, 0.3) is 0 Å². The van der Waals surface area contributed by atoms with E-state index in [1.165, 1.54) is 6.39 Å². The number of rotatable bonds is 3. The van der Waals surface area contributed by atoms with Crippen molar-refractivity contribution in [1.82, 2.24) is 10.3 Å². The summed E-state index contributed by atoms with van der Waals surface area (Å²) in [5.74, 6) is 0.683. The Balaban J connectivity index is 2.43. The second kappa shape index (κ2) is 4.25. The maximum Gasteiger partial charge on any atom is 0.230 e. The highest BCUT2D eigenvalue weighted by atomic mass is 79.9. The van der Waals surface area contributed by atoms with Gasteiger partial charge in [0, 0.05) is 0 Å². The summed E-state index contributed by atoms with van der Waals surface area (Å²) in [5.41, 5.74) is 0.768. The van der Waals surface area contributed by atoms with Gasteiger partial charge in [0.25, 0.3) is 0 Å². The van der Waals surface area contributed by atoms with E-state index < -0.39 is 0 Å². The monoisotopic (exact) mass is 232 g/mol. The van der Waals surface area contributed by atoms with Gasteiger partial charge in [0.1, 0.15) is 11.5 Å². The zero-order valence-corrected chi connectivity index (χ0v) is 8.22. The molecule has 0 aliphatic carbocycles. The van der Waals surface area contributed by atoms with E-state index >= 15 is 0 Å². The highest BCUT2D eigenvalue weighted by molar-refractivity contribution is 9.09. The molecule has 0 saturated carbocycles. The molecule has 0 radical (unpaired) electrons. The minimum Gasteiger partial charge on any atom is -0.448 e. The molecule has 0 aliphatic heterocycles. The number of aryl methyl sites for hydroxylation is 1. The Morgan fingerprint density at radius 3 is 3.08 bits per heavy atom. The number of nitrogens with one attached hydrogen (secondary N) is 1. The lowest BCUT2D eigenvalue weighted by atomic mass is 10.3. The molecule has 0 atom stereocenters. The number of halogens is 1. The lowest BCUT2D eigenvalue weighted by Gasteiger charge is -1.99. The van der Waals surface area contributed by atoms with Crippen LogP contribution >= 0.6 is 15.9 Å². The van der Waals surface area contributed by atoms with Gasteiger partial charge >= 0.3 is 0 Å². The van der Waals surface area contributed by atoms with Gasteiger partial charge in [-0.2, -0.15) is 0 Å². The highest BCUT2D eigenvalue weighted by Gasteiger charge is 2.04. The van der Waals surface area contributed by atoms with Crippen LogP contribution < -0.4 is 5.32 Å². The van der Waals surface area contributed by atoms with Crippen LogP contribution in [0.15, 0.2) is 10.8 Å². The number of alkyl halides is 1. The summed E-state index contributed by atoms with van der Waals surface area (Å²) >= 11 is 3.04. The zero-order chi connectivity index (χ0) is 8.97. The van der Waals surface area contributed by atoms with Gasteiger partial charge in [-0.05, 0) is 6.92 Å². The van der Waals surface area contributed by atoms with Gasteiger partial charge in [-0.3, -0.25) is 4.79 Å². The predicted octanol–water partition coefficient (Wildman–Crippen LogP) is 0.994. The molecule has 1 aromatic rings. The van der Waals surface area contributed by atoms with E-state index in [-0.39, 0.29) is 5.91 Å². The van der Waals surface area contributed by atoms with E-state index in [2.05, 4.69) is 26.2 Å². The van der Waals surface area contributed by atoms with Crippen LogP contribution in [-0.2, 0) is 11.3 Å². The molecule has 1 N–H and O–H groups in total. The van der Waals surface area contributed by atoms with Crippen LogP contribution in [0.4, 0.5) is 0 Å². The number of carbonyl (C=O) groups is 1. The van der Waals surface area contributed by atoms with Gasteiger partial charge in [0.15, 0.2) is 6.39 Å². The Morgan fingerprint density at radius 1 is 1.83 bits per heavy atom. The molecule has 1 amide bonds. The summed E-state index contributed by atoms with van der Waals surface area (Å²) in [7, 11) is 0. The molecule has 12 heavy (non-hydrogen) atoms. The minimum absolute atomic E-state index is 0.0580. The van der Waals surface area contributed by atoms with Crippen LogP contribution in [-0.4, -0.2) is 16.2 Å². The van der Waals surface area contributed by atoms with Gasteiger partial charge in [-0.15, -0.1) is 0 Å². The first-order valence-electron chi connectivity index (χ1n) is 3.45. The maximum absolute atomic E-state index is 10.8. The van der Waals surface area contributed by atoms with E-state index in [0.717, 1.165) is 11.5 Å². The molecule has 0 spiro atoms. The van der Waals surface area contributed by atoms with Crippen LogP contribution in [0.1, 0.15) is 11.5 Å². The molecule has 5 heteroatoms. The van der Waals surface area contributed by atoms with Gasteiger partial charge in [0.05, 0.1) is 11.9 Å². The van der Waals surface area contributed by atoms with Gasteiger partial charge in [-0.1, -0.05) is 15.9 Å². The predicted molar refractivity (Wildman–Crippen MR) is 46.9 cm³/mol. The summed E-state index contributed by atoms with van der Waals surface area (Å²) in [4.78, 5) is 14.7. The van der Waals surface area contributed by atoms with Gasteiger partial charge in [-0.25, -0.2) is 4.98 Å². The van der Waals surface area contributed by atoms with Crippen LogP contribution in [0, 0.1) is 6.92 Å². The number of carbonyl (C=O) groups excluding carboxylic acids is 1. The molecule has 0 bridgehead atoms. The molecule has 1 rings (SSSR count). The van der Waals surface area contributed by atoms with Crippen molar-refractivity contribution < 1.29 is 9.21 Å². The van der Waals surface area contributed by atoms with Crippen molar-refractivity contribution in [1.29, 1.82) is 0 Å². The van der Waals surface area contributed by atoms with Crippen LogP contribution in [0.3, 0.4) is 0 Å². The lowest BCUT2D eigenvalue weighted by molar-refractivity contribution is -0.118. The molecule has 0 saturated heterocycles. The molecule has 66 valence electrons. The van der Waals surface area contributed by atoms with Gasteiger partial charge < -0.3 is 9.73 Å². The standard InChI is InChI=1S/C7H9BrN2O2/c1-5-6(10-4-12-5)3-9-7(11)2-8/h4H,2-3H2,1H3,(H,9,11). The van der Waals surface area contributed by atoms with Crippen molar-refractivity contribution in [3.8, 4) is 0 Å². The Kier molecular flexibility index (Phi) is 3.28. The van der Waals surface area contributed by atoms with Crippen molar-refractivity contribution in [2.45, 2.75) is 13.5 Å². The Morgan fingerprint density at radius 2 is 2.58 bits per heavy atom. The van der Waals surface area contributed by atoms with Crippen molar-refractivity contribution in [3.05, 3.63) is 17.8 Å². The quantitative estimate of drug-likeness (QED) is 0.792. The number of aromatic nitrogens is 1. The molecule has 4 nitrogen and oxygen atoms in total. The zero-order valence-electron chi connectivity index (χ0n) is 6.63. The maximum atomic E-state index is 10.8. The third-order valence-corrected chi connectivity index (χ3v) is 1.93. The molecule has 0 fully saturated rings. The van der Waals surface area contributed by atoms with Crippen molar-refractivity contribution >= 4 is 21.8 Å². The number of hydrogen-bond acceptors (Lipinski definition) is 3. The average Bonchev–Trinajstić information content (AvgIpc) is 2.47. The Hall–Kier alpha value is -0.840. The first-order valence-corrected chi connectivity index (χ1v) is 4.58. The summed E-state index contributed by atoms with van der Waals surface area (Å²) < 4.78 is 4.96. The fraction of sp³-hybridized carbons (Fsp3) is 0.429. The van der Waals surface area contributed by atoms with E-state index in [1.807, 2.05) is 6.92 Å². The van der Waals surface area contributed by atoms with E-state index in [1.54, 1.807) is 0 Å². The van der Waals surface area contributed by atoms with Crippen molar-refractivity contribution in [3.63, 3.8) is 0 Å². The average molecular weight is 233 g/mol. The molecule has 0 aliphatic rings. The molecule has 1 heterocycles. The topological polar surface area (TPSA) is 55.1 Å². The SMILES string of the molecule is Cc1ocnc1CNC(=O)CBr. The molecule has 0 unspecified atom stereocenters. The number of oxazole rings is 1. The summed E-state index contributed by atoms with van der Waals surface area (Å²) in [5, 5.41) is 2.98. The molecule has 1 aromatic heterocycles. The first kappa shape index (κ1) is 9.25. The van der Waals surface area contributed by atoms with Crippen LogP contribution in [0.5, 0.6) is 0 Å². The highest BCUT2D eigenvalue weighted by Crippen LogP contribution is 2.03. The Bertz CT molecular complexity index is 272. The summed E-state index contributed by atoms with van der Waals surface area (Å²) in [6.07, 6.45) is 1.37.